The Bertz CT molecular complexity index is 788. The standard InChI is InChI=1S/C14H11BrClNO3S/c1-21(19,20)11-6-7-12(16)13(8-11)17-14(18)9-2-4-10(15)5-3-9/h2-8H,1H3,(H,17,18). The minimum Gasteiger partial charge on any atom is -0.321 e. The Morgan fingerprint density at radius 1 is 1.14 bits per heavy atom. The van der Waals surface area contributed by atoms with E-state index < -0.39 is 9.84 Å². The van der Waals surface area contributed by atoms with Crippen molar-refractivity contribution < 1.29 is 13.2 Å². The number of benzene rings is 2. The summed E-state index contributed by atoms with van der Waals surface area (Å²) in [6.07, 6.45) is 1.09. The van der Waals surface area contributed by atoms with E-state index in [4.69, 9.17) is 11.6 Å². The molecule has 110 valence electrons. The first-order valence-corrected chi connectivity index (χ1v) is 8.90. The molecule has 4 nitrogen and oxygen atoms in total. The van der Waals surface area contributed by atoms with Gasteiger partial charge in [-0.2, -0.15) is 0 Å². The van der Waals surface area contributed by atoms with Crippen molar-refractivity contribution in [2.24, 2.45) is 0 Å². The first-order valence-electron chi connectivity index (χ1n) is 5.84. The Hall–Kier alpha value is -1.37. The summed E-state index contributed by atoms with van der Waals surface area (Å²) in [6.45, 7) is 0. The molecule has 0 aliphatic heterocycles. The lowest BCUT2D eigenvalue weighted by Gasteiger charge is -2.09. The number of anilines is 1. The van der Waals surface area contributed by atoms with E-state index in [9.17, 15) is 13.2 Å². The first kappa shape index (κ1) is 16.0. The monoisotopic (exact) mass is 387 g/mol. The topological polar surface area (TPSA) is 63.2 Å². The van der Waals surface area contributed by atoms with E-state index >= 15 is 0 Å². The van der Waals surface area contributed by atoms with Gasteiger partial charge in [0.25, 0.3) is 5.91 Å². The van der Waals surface area contributed by atoms with Crippen LogP contribution in [0, 0.1) is 0 Å². The molecular weight excluding hydrogens is 378 g/mol. The number of amides is 1. The molecule has 1 amide bonds. The molecule has 2 rings (SSSR count). The Morgan fingerprint density at radius 2 is 1.76 bits per heavy atom. The molecule has 0 heterocycles. The highest BCUT2D eigenvalue weighted by molar-refractivity contribution is 9.10. The molecule has 0 fully saturated rings. The lowest BCUT2D eigenvalue weighted by atomic mass is 10.2. The molecule has 0 atom stereocenters. The van der Waals surface area contributed by atoms with E-state index in [0.29, 0.717) is 5.56 Å². The highest BCUT2D eigenvalue weighted by Gasteiger charge is 2.13. The fourth-order valence-corrected chi connectivity index (χ4v) is 2.70. The van der Waals surface area contributed by atoms with Crippen molar-refractivity contribution in [1.29, 1.82) is 0 Å². The molecule has 0 unspecified atom stereocenters. The van der Waals surface area contributed by atoms with Crippen LogP contribution in [0.4, 0.5) is 5.69 Å². The van der Waals surface area contributed by atoms with Crippen LogP contribution < -0.4 is 5.32 Å². The Morgan fingerprint density at radius 3 is 2.33 bits per heavy atom. The number of hydrogen-bond acceptors (Lipinski definition) is 3. The summed E-state index contributed by atoms with van der Waals surface area (Å²) in [5, 5.41) is 2.88. The average Bonchev–Trinajstić information content (AvgIpc) is 2.40. The van der Waals surface area contributed by atoms with Crippen molar-refractivity contribution in [1.82, 2.24) is 0 Å². The SMILES string of the molecule is CS(=O)(=O)c1ccc(Cl)c(NC(=O)c2ccc(Br)cc2)c1. The minimum absolute atomic E-state index is 0.0954. The molecule has 0 spiro atoms. The van der Waals surface area contributed by atoms with E-state index in [2.05, 4.69) is 21.2 Å². The second kappa shape index (κ2) is 6.17. The molecule has 0 aliphatic carbocycles. The summed E-state index contributed by atoms with van der Waals surface area (Å²) in [5.74, 6) is -0.366. The van der Waals surface area contributed by atoms with Gasteiger partial charge in [0.2, 0.25) is 0 Å². The van der Waals surface area contributed by atoms with E-state index in [0.717, 1.165) is 10.7 Å². The van der Waals surface area contributed by atoms with Crippen LogP contribution in [0.1, 0.15) is 10.4 Å². The van der Waals surface area contributed by atoms with Crippen LogP contribution in [0.5, 0.6) is 0 Å². The van der Waals surface area contributed by atoms with Crippen molar-refractivity contribution in [2.45, 2.75) is 4.90 Å². The van der Waals surface area contributed by atoms with Gasteiger partial charge < -0.3 is 5.32 Å². The number of carbonyl (C=O) groups excluding carboxylic acids is 1. The molecule has 21 heavy (non-hydrogen) atoms. The molecular formula is C14H11BrClNO3S. The molecule has 0 saturated heterocycles. The summed E-state index contributed by atoms with van der Waals surface area (Å²) in [4.78, 5) is 12.2. The van der Waals surface area contributed by atoms with Gasteiger partial charge in [-0.1, -0.05) is 27.5 Å². The van der Waals surface area contributed by atoms with Gasteiger partial charge in [-0.15, -0.1) is 0 Å². The fraction of sp³-hybridized carbons (Fsp3) is 0.0714. The maximum absolute atomic E-state index is 12.1. The number of sulfone groups is 1. The van der Waals surface area contributed by atoms with Gasteiger partial charge in [0.05, 0.1) is 15.6 Å². The number of nitrogens with one attached hydrogen (secondary N) is 1. The Kier molecular flexibility index (Phi) is 4.70. The van der Waals surface area contributed by atoms with Crippen LogP contribution in [-0.2, 0) is 9.84 Å². The smallest absolute Gasteiger partial charge is 0.255 e. The zero-order valence-electron chi connectivity index (χ0n) is 10.9. The van der Waals surface area contributed by atoms with Gasteiger partial charge in [0.1, 0.15) is 0 Å². The van der Waals surface area contributed by atoms with Gasteiger partial charge in [-0.3, -0.25) is 4.79 Å². The summed E-state index contributed by atoms with van der Waals surface area (Å²) in [5.41, 5.74) is 0.700. The summed E-state index contributed by atoms with van der Waals surface area (Å²) < 4.78 is 23.9. The molecule has 2 aromatic carbocycles. The van der Waals surface area contributed by atoms with Gasteiger partial charge in [0, 0.05) is 16.3 Å². The van der Waals surface area contributed by atoms with Crippen molar-refractivity contribution in [3.05, 3.63) is 57.5 Å². The van der Waals surface area contributed by atoms with Crippen LogP contribution in [0.3, 0.4) is 0 Å². The zero-order valence-corrected chi connectivity index (χ0v) is 14.1. The molecule has 0 aromatic heterocycles. The van der Waals surface area contributed by atoms with Gasteiger partial charge in [-0.25, -0.2) is 8.42 Å². The minimum atomic E-state index is -3.36. The number of hydrogen-bond donors (Lipinski definition) is 1. The van der Waals surface area contributed by atoms with Crippen molar-refractivity contribution >= 4 is 49.0 Å². The molecule has 0 bridgehead atoms. The van der Waals surface area contributed by atoms with Crippen LogP contribution in [0.2, 0.25) is 5.02 Å². The maximum atomic E-state index is 12.1. The fourth-order valence-electron chi connectivity index (χ4n) is 1.63. The second-order valence-corrected chi connectivity index (χ2v) is 7.71. The molecule has 1 N–H and O–H groups in total. The van der Waals surface area contributed by atoms with E-state index in [1.807, 2.05) is 0 Å². The van der Waals surface area contributed by atoms with Crippen LogP contribution in [-0.4, -0.2) is 20.6 Å². The van der Waals surface area contributed by atoms with E-state index in [1.54, 1.807) is 24.3 Å². The summed E-state index contributed by atoms with van der Waals surface area (Å²) in [7, 11) is -3.36. The van der Waals surface area contributed by atoms with Crippen molar-refractivity contribution in [3.8, 4) is 0 Å². The Balaban J connectivity index is 2.31. The van der Waals surface area contributed by atoms with Gasteiger partial charge in [-0.05, 0) is 42.5 Å². The quantitative estimate of drug-likeness (QED) is 0.871. The third-order valence-corrected chi connectivity index (χ3v) is 4.69. The maximum Gasteiger partial charge on any atom is 0.255 e. The number of halogens is 2. The predicted molar refractivity (Wildman–Crippen MR) is 86.7 cm³/mol. The summed E-state index contributed by atoms with van der Waals surface area (Å²) in [6, 6.07) is 10.9. The Labute approximate surface area is 136 Å². The zero-order chi connectivity index (χ0) is 15.6. The number of carbonyl (C=O) groups is 1. The normalized spacial score (nSPS) is 11.2. The van der Waals surface area contributed by atoms with Crippen LogP contribution >= 0.6 is 27.5 Å². The highest BCUT2D eigenvalue weighted by Crippen LogP contribution is 2.26. The lowest BCUT2D eigenvalue weighted by Crippen LogP contribution is -2.12. The first-order chi connectivity index (χ1) is 9.77. The molecule has 2 aromatic rings. The lowest BCUT2D eigenvalue weighted by molar-refractivity contribution is 0.102. The number of rotatable bonds is 3. The molecule has 0 saturated carbocycles. The van der Waals surface area contributed by atoms with Gasteiger partial charge >= 0.3 is 0 Å². The third kappa shape index (κ3) is 4.06. The summed E-state index contributed by atoms with van der Waals surface area (Å²) >= 11 is 9.27. The molecule has 7 heteroatoms. The third-order valence-electron chi connectivity index (χ3n) is 2.72. The molecule has 0 radical (unpaired) electrons. The highest BCUT2D eigenvalue weighted by atomic mass is 79.9. The predicted octanol–water partition coefficient (Wildman–Crippen LogP) is 3.76. The van der Waals surface area contributed by atoms with Crippen molar-refractivity contribution in [2.75, 3.05) is 11.6 Å². The largest absolute Gasteiger partial charge is 0.321 e. The second-order valence-electron chi connectivity index (χ2n) is 4.37. The van der Waals surface area contributed by atoms with E-state index in [1.165, 1.54) is 18.2 Å². The molecule has 0 aliphatic rings. The van der Waals surface area contributed by atoms with Crippen LogP contribution in [0.25, 0.3) is 0 Å². The average molecular weight is 389 g/mol. The van der Waals surface area contributed by atoms with Crippen molar-refractivity contribution in [3.63, 3.8) is 0 Å². The van der Waals surface area contributed by atoms with Crippen LogP contribution in [0.15, 0.2) is 51.8 Å². The van der Waals surface area contributed by atoms with Gasteiger partial charge in [0.15, 0.2) is 9.84 Å². The van der Waals surface area contributed by atoms with E-state index in [-0.39, 0.29) is 21.5 Å².